The summed E-state index contributed by atoms with van der Waals surface area (Å²) in [4.78, 5) is 2.11. The van der Waals surface area contributed by atoms with E-state index in [2.05, 4.69) is 4.90 Å². The van der Waals surface area contributed by atoms with Crippen LogP contribution in [0.5, 0.6) is 0 Å². The molecule has 2 nitrogen and oxygen atoms in total. The van der Waals surface area contributed by atoms with Crippen LogP contribution in [0.15, 0.2) is 41.0 Å². The number of thioether (sulfide) groups is 1. The average Bonchev–Trinajstić information content (AvgIpc) is 2.93. The third-order valence-corrected chi connectivity index (χ3v) is 4.05. The van der Waals surface area contributed by atoms with Crippen LogP contribution in [-0.2, 0) is 0 Å². The van der Waals surface area contributed by atoms with Crippen LogP contribution in [0.1, 0.15) is 0 Å². The van der Waals surface area contributed by atoms with Crippen LogP contribution in [0.25, 0.3) is 11.3 Å². The highest BCUT2D eigenvalue weighted by Gasteiger charge is 2.15. The summed E-state index contributed by atoms with van der Waals surface area (Å²) < 4.78 is 19.4. The van der Waals surface area contributed by atoms with Crippen molar-refractivity contribution in [3.63, 3.8) is 0 Å². The Morgan fingerprint density at radius 2 is 2.00 bits per heavy atom. The van der Waals surface area contributed by atoms with Gasteiger partial charge in [0, 0.05) is 30.2 Å². The van der Waals surface area contributed by atoms with Crippen molar-refractivity contribution in [3.8, 4) is 11.3 Å². The van der Waals surface area contributed by atoms with Gasteiger partial charge in [-0.3, -0.25) is 0 Å². The Hall–Kier alpha value is -1.42. The summed E-state index contributed by atoms with van der Waals surface area (Å²) in [5.41, 5.74) is 1.48. The molecule has 0 aliphatic carbocycles. The number of nitrogens with zero attached hydrogens (tertiary/aromatic N) is 1. The largest absolute Gasteiger partial charge is 0.464 e. The summed E-state index contributed by atoms with van der Waals surface area (Å²) in [6.45, 7) is 1.84. The van der Waals surface area contributed by atoms with Crippen LogP contribution in [0.4, 0.5) is 10.1 Å². The lowest BCUT2D eigenvalue weighted by Crippen LogP contribution is -2.33. The lowest BCUT2D eigenvalue weighted by Gasteiger charge is -2.28. The Morgan fingerprint density at radius 1 is 1.17 bits per heavy atom. The van der Waals surface area contributed by atoms with Crippen LogP contribution in [0.3, 0.4) is 0 Å². The zero-order chi connectivity index (χ0) is 12.4. The quantitative estimate of drug-likeness (QED) is 0.823. The van der Waals surface area contributed by atoms with Crippen molar-refractivity contribution in [1.29, 1.82) is 0 Å². The van der Waals surface area contributed by atoms with Gasteiger partial charge >= 0.3 is 0 Å². The number of furan rings is 1. The molecule has 18 heavy (non-hydrogen) atoms. The predicted molar refractivity (Wildman–Crippen MR) is 73.6 cm³/mol. The fourth-order valence-electron chi connectivity index (χ4n) is 2.16. The van der Waals surface area contributed by atoms with E-state index in [1.54, 1.807) is 12.3 Å². The molecular weight excluding hydrogens is 249 g/mol. The van der Waals surface area contributed by atoms with E-state index in [-0.39, 0.29) is 5.82 Å². The second-order valence-corrected chi connectivity index (χ2v) is 5.47. The summed E-state index contributed by atoms with van der Waals surface area (Å²) in [6.07, 6.45) is 1.60. The van der Waals surface area contributed by atoms with Gasteiger partial charge in [0.2, 0.25) is 0 Å². The lowest BCUT2D eigenvalue weighted by molar-refractivity contribution is 0.579. The molecule has 2 heterocycles. The van der Waals surface area contributed by atoms with Gasteiger partial charge in [0.1, 0.15) is 11.6 Å². The van der Waals surface area contributed by atoms with E-state index in [0.717, 1.165) is 30.2 Å². The first-order valence-corrected chi connectivity index (χ1v) is 7.16. The molecule has 1 aliphatic heterocycles. The second-order valence-electron chi connectivity index (χ2n) is 4.24. The SMILES string of the molecule is Fc1cc(-c2ccco2)ccc1N1CCSCC1. The van der Waals surface area contributed by atoms with Crippen molar-refractivity contribution >= 4 is 17.4 Å². The molecule has 0 spiro atoms. The van der Waals surface area contributed by atoms with Crippen LogP contribution >= 0.6 is 11.8 Å². The molecule has 1 saturated heterocycles. The number of hydrogen-bond donors (Lipinski definition) is 0. The fraction of sp³-hybridized carbons (Fsp3) is 0.286. The smallest absolute Gasteiger partial charge is 0.147 e. The van der Waals surface area contributed by atoms with Crippen molar-refractivity contribution in [2.24, 2.45) is 0 Å². The average molecular weight is 263 g/mol. The highest BCUT2D eigenvalue weighted by molar-refractivity contribution is 7.99. The van der Waals surface area contributed by atoms with Crippen molar-refractivity contribution in [3.05, 3.63) is 42.4 Å². The lowest BCUT2D eigenvalue weighted by atomic mass is 10.1. The van der Waals surface area contributed by atoms with E-state index in [9.17, 15) is 4.39 Å². The van der Waals surface area contributed by atoms with Crippen molar-refractivity contribution in [2.75, 3.05) is 29.5 Å². The van der Waals surface area contributed by atoms with E-state index >= 15 is 0 Å². The minimum absolute atomic E-state index is 0.171. The Morgan fingerprint density at radius 3 is 2.67 bits per heavy atom. The summed E-state index contributed by atoms with van der Waals surface area (Å²) in [7, 11) is 0. The van der Waals surface area contributed by atoms with Gasteiger partial charge in [-0.2, -0.15) is 11.8 Å². The van der Waals surface area contributed by atoms with Crippen LogP contribution in [0, 0.1) is 5.82 Å². The van der Waals surface area contributed by atoms with Gasteiger partial charge in [-0.1, -0.05) is 0 Å². The Bertz CT molecular complexity index is 521. The molecule has 2 aromatic rings. The Labute approximate surface area is 110 Å². The highest BCUT2D eigenvalue weighted by atomic mass is 32.2. The summed E-state index contributed by atoms with van der Waals surface area (Å²) in [6, 6.07) is 8.97. The first-order chi connectivity index (χ1) is 8.84. The van der Waals surface area contributed by atoms with E-state index in [1.807, 2.05) is 36.0 Å². The van der Waals surface area contributed by atoms with Crippen LogP contribution < -0.4 is 4.90 Å². The van der Waals surface area contributed by atoms with Crippen LogP contribution in [0.2, 0.25) is 0 Å². The normalized spacial score (nSPS) is 15.9. The minimum Gasteiger partial charge on any atom is -0.464 e. The van der Waals surface area contributed by atoms with Gasteiger partial charge in [0.15, 0.2) is 0 Å². The van der Waals surface area contributed by atoms with Gasteiger partial charge in [-0.25, -0.2) is 4.39 Å². The maximum Gasteiger partial charge on any atom is 0.147 e. The molecule has 4 heteroatoms. The molecule has 0 N–H and O–H groups in total. The first kappa shape index (κ1) is 11.7. The topological polar surface area (TPSA) is 16.4 Å². The molecule has 1 fully saturated rings. The molecule has 0 bridgehead atoms. The van der Waals surface area contributed by atoms with Gasteiger partial charge in [-0.05, 0) is 30.3 Å². The number of halogens is 1. The van der Waals surface area contributed by atoms with Gasteiger partial charge < -0.3 is 9.32 Å². The molecule has 0 saturated carbocycles. The molecule has 0 amide bonds. The zero-order valence-electron chi connectivity index (χ0n) is 9.93. The Kier molecular flexibility index (Phi) is 3.28. The van der Waals surface area contributed by atoms with E-state index < -0.39 is 0 Å². The monoisotopic (exact) mass is 263 g/mol. The summed E-state index contributed by atoms with van der Waals surface area (Å²) in [5, 5.41) is 0. The maximum absolute atomic E-state index is 14.1. The summed E-state index contributed by atoms with van der Waals surface area (Å²) >= 11 is 1.92. The third kappa shape index (κ3) is 2.25. The first-order valence-electron chi connectivity index (χ1n) is 6.01. The minimum atomic E-state index is -0.171. The van der Waals surface area contributed by atoms with E-state index in [4.69, 9.17) is 4.42 Å². The van der Waals surface area contributed by atoms with Gasteiger partial charge in [0.25, 0.3) is 0 Å². The highest BCUT2D eigenvalue weighted by Crippen LogP contribution is 2.28. The zero-order valence-corrected chi connectivity index (χ0v) is 10.8. The van der Waals surface area contributed by atoms with E-state index in [0.29, 0.717) is 11.4 Å². The molecule has 1 aromatic carbocycles. The van der Waals surface area contributed by atoms with Gasteiger partial charge in [0.05, 0.1) is 12.0 Å². The maximum atomic E-state index is 14.1. The number of anilines is 1. The molecule has 3 rings (SSSR count). The summed E-state index contributed by atoms with van der Waals surface area (Å²) in [5.74, 6) is 2.67. The molecule has 0 radical (unpaired) electrons. The molecular formula is C14H14FNOS. The molecule has 0 unspecified atom stereocenters. The van der Waals surface area contributed by atoms with Crippen molar-refractivity contribution in [1.82, 2.24) is 0 Å². The number of benzene rings is 1. The third-order valence-electron chi connectivity index (χ3n) is 3.11. The Balaban J connectivity index is 1.89. The van der Waals surface area contributed by atoms with Crippen molar-refractivity contribution in [2.45, 2.75) is 0 Å². The molecule has 1 aliphatic rings. The van der Waals surface area contributed by atoms with Gasteiger partial charge in [-0.15, -0.1) is 0 Å². The van der Waals surface area contributed by atoms with Crippen LogP contribution in [-0.4, -0.2) is 24.6 Å². The van der Waals surface area contributed by atoms with E-state index in [1.165, 1.54) is 0 Å². The number of rotatable bonds is 2. The molecule has 94 valence electrons. The number of hydrogen-bond acceptors (Lipinski definition) is 3. The van der Waals surface area contributed by atoms with Crippen molar-refractivity contribution < 1.29 is 8.81 Å². The predicted octanol–water partition coefficient (Wildman–Crippen LogP) is 3.64. The standard InChI is InChI=1S/C14H14FNOS/c15-12-10-11(14-2-1-7-17-14)3-4-13(12)16-5-8-18-9-6-16/h1-4,7,10H,5-6,8-9H2. The second kappa shape index (κ2) is 5.06. The molecule has 0 atom stereocenters. The fourth-order valence-corrected chi connectivity index (χ4v) is 3.07. The molecule has 1 aromatic heterocycles.